The Morgan fingerprint density at radius 3 is 2.69 bits per heavy atom. The summed E-state index contributed by atoms with van der Waals surface area (Å²) in [5.74, 6) is 2.51. The second kappa shape index (κ2) is 11.7. The van der Waals surface area contributed by atoms with Crippen molar-refractivity contribution in [1.82, 2.24) is 44.5 Å². The molecule has 3 aromatic heterocycles. The Hall–Kier alpha value is -3.41. The van der Waals surface area contributed by atoms with Crippen molar-refractivity contribution in [2.45, 2.75) is 71.1 Å². The standard InChI is InChI=1S/C32H40Cl2N10O/c1-5-27(45)41-9-7-22(8-10-41)44-20(2)28(29-23-16-35-37-25(23)14-24(33)30(29)34)31(39-44)43-11-6-21(15-32(43,3)4)17-40-12-13-42-19-36-38-26(42)18-40/h5,14,16,19,21-22H,1,6-13,15,17-18H2,2-4H3,(H,35,37)/t21-/m1/s1. The molecule has 1 amide bonds. The summed E-state index contributed by atoms with van der Waals surface area (Å²) in [7, 11) is 0. The van der Waals surface area contributed by atoms with Crippen LogP contribution in [-0.4, -0.2) is 88.7 Å². The first-order valence-corrected chi connectivity index (χ1v) is 16.6. The molecule has 0 spiro atoms. The number of hydrogen-bond acceptors (Lipinski definition) is 7. The molecule has 1 aromatic carbocycles. The second-order valence-corrected chi connectivity index (χ2v) is 14.2. The topological polar surface area (TPSA) is 104 Å². The highest BCUT2D eigenvalue weighted by molar-refractivity contribution is 6.45. The third-order valence-corrected chi connectivity index (χ3v) is 10.9. The highest BCUT2D eigenvalue weighted by Crippen LogP contribution is 2.48. The van der Waals surface area contributed by atoms with Crippen molar-refractivity contribution in [2.75, 3.05) is 37.6 Å². The molecular formula is C32H40Cl2N10O. The number of benzene rings is 1. The number of rotatable bonds is 6. The van der Waals surface area contributed by atoms with Crippen molar-refractivity contribution >= 4 is 45.8 Å². The lowest BCUT2D eigenvalue weighted by Crippen LogP contribution is -2.52. The number of H-pyrrole nitrogens is 1. The van der Waals surface area contributed by atoms with Gasteiger partial charge in [0.1, 0.15) is 12.2 Å². The van der Waals surface area contributed by atoms with Gasteiger partial charge >= 0.3 is 0 Å². The van der Waals surface area contributed by atoms with Crippen molar-refractivity contribution < 1.29 is 4.79 Å². The summed E-state index contributed by atoms with van der Waals surface area (Å²) in [5, 5.41) is 23.1. The van der Waals surface area contributed by atoms with Crippen LogP contribution in [0.2, 0.25) is 10.0 Å². The number of amides is 1. The number of carbonyl (C=O) groups is 1. The van der Waals surface area contributed by atoms with E-state index in [-0.39, 0.29) is 17.5 Å². The largest absolute Gasteiger partial charge is 0.349 e. The lowest BCUT2D eigenvalue weighted by Gasteiger charge is -2.47. The molecule has 0 radical (unpaired) electrons. The molecule has 4 aromatic rings. The summed E-state index contributed by atoms with van der Waals surface area (Å²) in [4.78, 5) is 19.2. The maximum atomic E-state index is 12.3. The number of likely N-dealkylation sites (tertiary alicyclic amines) is 1. The fourth-order valence-corrected chi connectivity index (χ4v) is 8.25. The first-order chi connectivity index (χ1) is 21.6. The summed E-state index contributed by atoms with van der Waals surface area (Å²) in [6.45, 7) is 16.5. The van der Waals surface area contributed by atoms with Crippen molar-refractivity contribution in [3.05, 3.63) is 52.8 Å². The van der Waals surface area contributed by atoms with E-state index in [1.807, 2.05) is 23.5 Å². The Morgan fingerprint density at radius 2 is 1.93 bits per heavy atom. The number of fused-ring (bicyclic) bond motifs is 2. The van der Waals surface area contributed by atoms with Gasteiger partial charge in [-0.1, -0.05) is 29.8 Å². The molecule has 2 saturated heterocycles. The van der Waals surface area contributed by atoms with Gasteiger partial charge in [0.05, 0.1) is 34.3 Å². The summed E-state index contributed by atoms with van der Waals surface area (Å²) in [5.41, 5.74) is 3.59. The van der Waals surface area contributed by atoms with Crippen molar-refractivity contribution in [3.63, 3.8) is 0 Å². The molecule has 1 atom stereocenters. The Labute approximate surface area is 273 Å². The molecule has 238 valence electrons. The SMILES string of the molecule is C=CC(=O)N1CCC(n2nc(N3CC[C@@H](CN4CCn5cnnc5C4)CC3(C)C)c(-c3c(Cl)c(Cl)cc4[nH]ncc34)c2C)CC1. The van der Waals surface area contributed by atoms with Crippen LogP contribution in [0.3, 0.4) is 0 Å². The quantitative estimate of drug-likeness (QED) is 0.275. The van der Waals surface area contributed by atoms with Gasteiger partial charge < -0.3 is 14.4 Å². The van der Waals surface area contributed by atoms with Gasteiger partial charge in [0.25, 0.3) is 0 Å². The summed E-state index contributed by atoms with van der Waals surface area (Å²) >= 11 is 13.8. The van der Waals surface area contributed by atoms with E-state index in [0.717, 1.165) is 97.8 Å². The molecule has 2 fully saturated rings. The molecule has 6 heterocycles. The molecule has 0 aliphatic carbocycles. The Morgan fingerprint density at radius 1 is 1.13 bits per heavy atom. The molecular weight excluding hydrogens is 611 g/mol. The van der Waals surface area contributed by atoms with Gasteiger partial charge in [0, 0.05) is 67.0 Å². The van der Waals surface area contributed by atoms with E-state index in [0.29, 0.717) is 29.1 Å². The van der Waals surface area contributed by atoms with E-state index >= 15 is 0 Å². The number of hydrogen-bond donors (Lipinski definition) is 1. The molecule has 0 bridgehead atoms. The van der Waals surface area contributed by atoms with E-state index in [1.165, 1.54) is 6.08 Å². The van der Waals surface area contributed by atoms with E-state index in [2.05, 4.69) is 66.8 Å². The lowest BCUT2D eigenvalue weighted by molar-refractivity contribution is -0.127. The van der Waals surface area contributed by atoms with Crippen LogP contribution in [-0.2, 0) is 17.9 Å². The van der Waals surface area contributed by atoms with Crippen LogP contribution in [0, 0.1) is 12.8 Å². The Balaban J connectivity index is 1.23. The molecule has 7 rings (SSSR count). The molecule has 3 aliphatic rings. The molecule has 3 aliphatic heterocycles. The smallest absolute Gasteiger partial charge is 0.245 e. The third-order valence-electron chi connectivity index (χ3n) is 10.1. The number of halogens is 2. The zero-order valence-corrected chi connectivity index (χ0v) is 27.7. The van der Waals surface area contributed by atoms with Gasteiger partial charge in [-0.2, -0.15) is 10.2 Å². The maximum Gasteiger partial charge on any atom is 0.245 e. The Kier molecular flexibility index (Phi) is 7.90. The average molecular weight is 652 g/mol. The Bertz CT molecular complexity index is 1750. The molecule has 0 unspecified atom stereocenters. The summed E-state index contributed by atoms with van der Waals surface area (Å²) < 4.78 is 4.33. The number of nitrogens with one attached hydrogen (secondary N) is 1. The van der Waals surface area contributed by atoms with Crippen LogP contribution in [0.5, 0.6) is 0 Å². The average Bonchev–Trinajstić information content (AvgIpc) is 3.76. The minimum absolute atomic E-state index is 0.0175. The van der Waals surface area contributed by atoms with Crippen LogP contribution in [0.4, 0.5) is 5.82 Å². The lowest BCUT2D eigenvalue weighted by atomic mass is 9.81. The van der Waals surface area contributed by atoms with E-state index < -0.39 is 0 Å². The number of anilines is 1. The summed E-state index contributed by atoms with van der Waals surface area (Å²) in [6, 6.07) is 1.99. The van der Waals surface area contributed by atoms with Crippen LogP contribution in [0.1, 0.15) is 57.1 Å². The van der Waals surface area contributed by atoms with Crippen molar-refractivity contribution in [3.8, 4) is 11.1 Å². The first kappa shape index (κ1) is 30.3. The molecule has 13 heteroatoms. The monoisotopic (exact) mass is 650 g/mol. The number of aromatic amines is 1. The number of nitrogens with zero attached hydrogens (tertiary/aromatic N) is 9. The predicted molar refractivity (Wildman–Crippen MR) is 177 cm³/mol. The van der Waals surface area contributed by atoms with Gasteiger partial charge in [0.15, 0.2) is 5.82 Å². The fourth-order valence-electron chi connectivity index (χ4n) is 7.80. The number of carbonyl (C=O) groups excluding carboxylic acids is 1. The van der Waals surface area contributed by atoms with Gasteiger partial charge in [-0.15, -0.1) is 10.2 Å². The van der Waals surface area contributed by atoms with Crippen LogP contribution >= 0.6 is 23.2 Å². The van der Waals surface area contributed by atoms with Crippen LogP contribution < -0.4 is 4.90 Å². The molecule has 45 heavy (non-hydrogen) atoms. The molecule has 0 saturated carbocycles. The highest BCUT2D eigenvalue weighted by atomic mass is 35.5. The number of aromatic nitrogens is 7. The van der Waals surface area contributed by atoms with Crippen LogP contribution in [0.15, 0.2) is 31.2 Å². The normalized spacial score (nSPS) is 21.0. The van der Waals surface area contributed by atoms with Gasteiger partial charge in [-0.05, 0) is 64.5 Å². The number of piperidine rings is 2. The molecule has 11 nitrogen and oxygen atoms in total. The zero-order valence-electron chi connectivity index (χ0n) is 26.1. The van der Waals surface area contributed by atoms with Gasteiger partial charge in [0.2, 0.25) is 5.91 Å². The first-order valence-electron chi connectivity index (χ1n) is 15.8. The summed E-state index contributed by atoms with van der Waals surface area (Å²) in [6.07, 6.45) is 8.79. The van der Waals surface area contributed by atoms with E-state index in [4.69, 9.17) is 28.3 Å². The van der Waals surface area contributed by atoms with Crippen molar-refractivity contribution in [1.29, 1.82) is 0 Å². The van der Waals surface area contributed by atoms with Gasteiger partial charge in [-0.25, -0.2) is 0 Å². The van der Waals surface area contributed by atoms with Gasteiger partial charge in [-0.3, -0.25) is 19.5 Å². The minimum atomic E-state index is -0.153. The van der Waals surface area contributed by atoms with Crippen molar-refractivity contribution in [2.24, 2.45) is 5.92 Å². The highest BCUT2D eigenvalue weighted by Gasteiger charge is 2.40. The van der Waals surface area contributed by atoms with E-state index in [9.17, 15) is 4.79 Å². The third kappa shape index (κ3) is 5.42. The van der Waals surface area contributed by atoms with Crippen LogP contribution in [0.25, 0.3) is 22.0 Å². The fraction of sp³-hybridized carbons (Fsp3) is 0.531. The zero-order chi connectivity index (χ0) is 31.5. The minimum Gasteiger partial charge on any atom is -0.349 e. The second-order valence-electron chi connectivity index (χ2n) is 13.4. The maximum absolute atomic E-state index is 12.3. The molecule has 1 N–H and O–H groups in total. The predicted octanol–water partition coefficient (Wildman–Crippen LogP) is 5.49. The van der Waals surface area contributed by atoms with E-state index in [1.54, 1.807) is 0 Å².